The smallest absolute Gasteiger partial charge is 0.251 e. The molecule has 3 aromatic rings. The molecule has 152 valence electrons. The van der Waals surface area contributed by atoms with E-state index < -0.39 is 11.9 Å². The van der Waals surface area contributed by atoms with E-state index in [9.17, 15) is 14.0 Å². The van der Waals surface area contributed by atoms with Gasteiger partial charge in [-0.1, -0.05) is 11.8 Å². The summed E-state index contributed by atoms with van der Waals surface area (Å²) in [7, 11) is 1.76. The van der Waals surface area contributed by atoms with Crippen molar-refractivity contribution < 1.29 is 14.0 Å². The Morgan fingerprint density at radius 3 is 2.66 bits per heavy atom. The molecular weight excluding hydrogens is 415 g/mol. The van der Waals surface area contributed by atoms with Gasteiger partial charge in [0.1, 0.15) is 5.82 Å². The number of carbonyl (C=O) groups is 2. The maximum Gasteiger partial charge on any atom is 0.251 e. The van der Waals surface area contributed by atoms with Crippen molar-refractivity contribution >= 4 is 40.0 Å². The lowest BCUT2D eigenvalue weighted by atomic mass is 10.2. The van der Waals surface area contributed by atoms with Crippen LogP contribution in [0.15, 0.2) is 34.8 Å². The highest BCUT2D eigenvalue weighted by atomic mass is 32.2. The van der Waals surface area contributed by atoms with Crippen LogP contribution in [0, 0.1) is 12.7 Å². The summed E-state index contributed by atoms with van der Waals surface area (Å²) in [6, 6.07) is 4.87. The summed E-state index contributed by atoms with van der Waals surface area (Å²) in [6.45, 7) is 3.63. The minimum atomic E-state index is -0.425. The molecule has 1 aromatic carbocycles. The number of amides is 2. The molecule has 3 rings (SSSR count). The zero-order valence-electron chi connectivity index (χ0n) is 16.0. The van der Waals surface area contributed by atoms with Gasteiger partial charge in [0, 0.05) is 18.0 Å². The van der Waals surface area contributed by atoms with E-state index >= 15 is 0 Å². The number of hydrogen-bond acceptors (Lipinski definition) is 7. The van der Waals surface area contributed by atoms with Crippen LogP contribution in [-0.4, -0.2) is 37.3 Å². The molecule has 0 saturated carbocycles. The summed E-state index contributed by atoms with van der Waals surface area (Å²) in [4.78, 5) is 28.6. The number of anilines is 1. The molecule has 0 unspecified atom stereocenters. The topological polar surface area (TPSA) is 102 Å². The monoisotopic (exact) mass is 434 g/mol. The SMILES string of the molecule is Cc1csc(NC(=O)CSc2nnc([C@H](C)NC(=O)c3ccc(F)cc3)n2C)n1. The van der Waals surface area contributed by atoms with E-state index in [1.165, 1.54) is 47.4 Å². The van der Waals surface area contributed by atoms with Crippen molar-refractivity contribution in [1.29, 1.82) is 0 Å². The van der Waals surface area contributed by atoms with Crippen LogP contribution in [-0.2, 0) is 11.8 Å². The molecule has 0 spiro atoms. The van der Waals surface area contributed by atoms with Crippen LogP contribution in [0.3, 0.4) is 0 Å². The van der Waals surface area contributed by atoms with Crippen molar-refractivity contribution in [2.45, 2.75) is 25.0 Å². The van der Waals surface area contributed by atoms with Gasteiger partial charge in [-0.15, -0.1) is 21.5 Å². The maximum atomic E-state index is 13.0. The lowest BCUT2D eigenvalue weighted by Gasteiger charge is -2.13. The molecule has 0 radical (unpaired) electrons. The van der Waals surface area contributed by atoms with Gasteiger partial charge in [-0.25, -0.2) is 9.37 Å². The van der Waals surface area contributed by atoms with Crippen molar-refractivity contribution in [2.24, 2.45) is 7.05 Å². The summed E-state index contributed by atoms with van der Waals surface area (Å²) in [5.74, 6) is -0.238. The van der Waals surface area contributed by atoms with E-state index in [1.807, 2.05) is 12.3 Å². The Hall–Kier alpha value is -2.79. The number of thiazole rings is 1. The number of benzene rings is 1. The van der Waals surface area contributed by atoms with E-state index in [0.717, 1.165) is 5.69 Å². The van der Waals surface area contributed by atoms with Crippen LogP contribution in [0.4, 0.5) is 9.52 Å². The Morgan fingerprint density at radius 2 is 2.00 bits per heavy atom. The first-order valence-electron chi connectivity index (χ1n) is 8.64. The fourth-order valence-electron chi connectivity index (χ4n) is 2.47. The zero-order chi connectivity index (χ0) is 21.0. The van der Waals surface area contributed by atoms with Gasteiger partial charge >= 0.3 is 0 Å². The van der Waals surface area contributed by atoms with E-state index in [-0.39, 0.29) is 17.6 Å². The summed E-state index contributed by atoms with van der Waals surface area (Å²) in [5.41, 5.74) is 1.21. The number of aryl methyl sites for hydroxylation is 1. The highest BCUT2D eigenvalue weighted by Crippen LogP contribution is 2.20. The van der Waals surface area contributed by atoms with Gasteiger partial charge < -0.3 is 15.2 Å². The largest absolute Gasteiger partial charge is 0.342 e. The van der Waals surface area contributed by atoms with Crippen LogP contribution < -0.4 is 10.6 Å². The third kappa shape index (κ3) is 5.39. The molecule has 2 heterocycles. The number of thioether (sulfide) groups is 1. The molecule has 2 amide bonds. The first-order chi connectivity index (χ1) is 13.8. The fourth-order valence-corrected chi connectivity index (χ4v) is 3.89. The van der Waals surface area contributed by atoms with E-state index in [4.69, 9.17) is 0 Å². The lowest BCUT2D eigenvalue weighted by molar-refractivity contribution is -0.113. The average molecular weight is 435 g/mol. The van der Waals surface area contributed by atoms with E-state index in [0.29, 0.717) is 21.7 Å². The van der Waals surface area contributed by atoms with Crippen LogP contribution >= 0.6 is 23.1 Å². The third-order valence-electron chi connectivity index (χ3n) is 3.91. The highest BCUT2D eigenvalue weighted by molar-refractivity contribution is 7.99. The Bertz CT molecular complexity index is 1020. The number of hydrogen-bond donors (Lipinski definition) is 2. The van der Waals surface area contributed by atoms with Gasteiger partial charge in [0.25, 0.3) is 5.91 Å². The number of rotatable bonds is 7. The van der Waals surface area contributed by atoms with Gasteiger partial charge in [0.15, 0.2) is 16.1 Å². The van der Waals surface area contributed by atoms with Crippen LogP contribution in [0.2, 0.25) is 0 Å². The quantitative estimate of drug-likeness (QED) is 0.555. The molecule has 1 atom stereocenters. The summed E-state index contributed by atoms with van der Waals surface area (Å²) >= 11 is 2.60. The molecule has 0 aliphatic carbocycles. The first-order valence-corrected chi connectivity index (χ1v) is 10.5. The van der Waals surface area contributed by atoms with Gasteiger partial charge in [-0.2, -0.15) is 0 Å². The van der Waals surface area contributed by atoms with Crippen LogP contribution in [0.1, 0.15) is 34.8 Å². The number of carbonyl (C=O) groups excluding carboxylic acids is 2. The minimum Gasteiger partial charge on any atom is -0.342 e. The van der Waals surface area contributed by atoms with Crippen molar-refractivity contribution in [3.05, 3.63) is 52.5 Å². The van der Waals surface area contributed by atoms with E-state index in [2.05, 4.69) is 25.8 Å². The normalized spacial score (nSPS) is 11.9. The molecule has 8 nitrogen and oxygen atoms in total. The average Bonchev–Trinajstić information content (AvgIpc) is 3.25. The highest BCUT2D eigenvalue weighted by Gasteiger charge is 2.19. The first kappa shape index (κ1) is 20.9. The molecule has 0 saturated heterocycles. The maximum absolute atomic E-state index is 13.0. The minimum absolute atomic E-state index is 0.154. The van der Waals surface area contributed by atoms with Crippen molar-refractivity contribution in [3.63, 3.8) is 0 Å². The van der Waals surface area contributed by atoms with Crippen molar-refractivity contribution in [3.8, 4) is 0 Å². The Morgan fingerprint density at radius 1 is 1.28 bits per heavy atom. The number of halogens is 1. The molecule has 2 aromatic heterocycles. The predicted molar refractivity (Wildman–Crippen MR) is 109 cm³/mol. The summed E-state index contributed by atoms with van der Waals surface area (Å²) < 4.78 is 14.7. The van der Waals surface area contributed by atoms with Crippen LogP contribution in [0.5, 0.6) is 0 Å². The summed E-state index contributed by atoms with van der Waals surface area (Å²) in [6.07, 6.45) is 0. The number of nitrogens with zero attached hydrogens (tertiary/aromatic N) is 4. The number of aromatic nitrogens is 4. The van der Waals surface area contributed by atoms with Gasteiger partial charge in [0.2, 0.25) is 5.91 Å². The molecule has 11 heteroatoms. The number of nitrogens with one attached hydrogen (secondary N) is 2. The van der Waals surface area contributed by atoms with Crippen molar-refractivity contribution in [1.82, 2.24) is 25.1 Å². The van der Waals surface area contributed by atoms with Gasteiger partial charge in [-0.05, 0) is 38.1 Å². The predicted octanol–water partition coefficient (Wildman–Crippen LogP) is 2.94. The molecule has 2 N–H and O–H groups in total. The van der Waals surface area contributed by atoms with Crippen molar-refractivity contribution in [2.75, 3.05) is 11.1 Å². The zero-order valence-corrected chi connectivity index (χ0v) is 17.6. The molecule has 29 heavy (non-hydrogen) atoms. The Kier molecular flexibility index (Phi) is 6.60. The molecule has 0 aliphatic rings. The molecular formula is C18H19FN6O2S2. The van der Waals surface area contributed by atoms with Crippen LogP contribution in [0.25, 0.3) is 0 Å². The van der Waals surface area contributed by atoms with Gasteiger partial charge in [0.05, 0.1) is 17.5 Å². The molecule has 0 aliphatic heterocycles. The molecule has 0 fully saturated rings. The standard InChI is InChI=1S/C18H19FN6O2S2/c1-10-8-28-17(20-10)22-14(26)9-29-18-24-23-15(25(18)3)11(2)21-16(27)12-4-6-13(19)7-5-12/h4-8,11H,9H2,1-3H3,(H,21,27)(H,20,22,26)/t11-/m0/s1. The third-order valence-corrected chi connectivity index (χ3v) is 5.80. The Balaban J connectivity index is 1.57. The second-order valence-electron chi connectivity index (χ2n) is 6.23. The second kappa shape index (κ2) is 9.14. The Labute approximate surface area is 174 Å². The molecule has 0 bridgehead atoms. The lowest BCUT2D eigenvalue weighted by Crippen LogP contribution is -2.28. The fraction of sp³-hybridized carbons (Fsp3) is 0.278. The van der Waals surface area contributed by atoms with E-state index in [1.54, 1.807) is 18.5 Å². The second-order valence-corrected chi connectivity index (χ2v) is 8.03. The van der Waals surface area contributed by atoms with Gasteiger partial charge in [-0.3, -0.25) is 9.59 Å². The summed E-state index contributed by atoms with van der Waals surface area (Å²) in [5, 5.41) is 16.7.